The molecule has 0 heterocycles. The number of hydrogen-bond acceptors (Lipinski definition) is 1. The van der Waals surface area contributed by atoms with Crippen molar-refractivity contribution in [2.24, 2.45) is 0 Å². The Labute approximate surface area is 59.9 Å². The third kappa shape index (κ3) is 1.26. The van der Waals surface area contributed by atoms with Crippen LogP contribution in [0.15, 0.2) is 23.3 Å². The van der Waals surface area contributed by atoms with Gasteiger partial charge in [-0.15, -0.1) is 0 Å². The highest BCUT2D eigenvalue weighted by atomic mass is 16.4. The lowest BCUT2D eigenvalue weighted by Gasteiger charge is -2.07. The van der Waals surface area contributed by atoms with Crippen molar-refractivity contribution in [1.29, 1.82) is 0 Å². The molecule has 0 saturated heterocycles. The van der Waals surface area contributed by atoms with E-state index in [1.165, 1.54) is 0 Å². The van der Waals surface area contributed by atoms with Gasteiger partial charge in [-0.25, -0.2) is 4.79 Å². The van der Waals surface area contributed by atoms with Crippen LogP contribution in [0.3, 0.4) is 0 Å². The fraction of sp³-hybridized carbons (Fsp3) is 0.375. The first kappa shape index (κ1) is 7.06. The molecule has 1 aliphatic rings. The van der Waals surface area contributed by atoms with Crippen LogP contribution in [0, 0.1) is 0 Å². The molecule has 1 N–H and O–H groups in total. The SMILES string of the molecule is CC1=C(C(=O)O)CC=CC1. The van der Waals surface area contributed by atoms with Gasteiger partial charge in [0.05, 0.1) is 0 Å². The van der Waals surface area contributed by atoms with Crippen molar-refractivity contribution in [2.75, 3.05) is 0 Å². The maximum atomic E-state index is 10.5. The lowest BCUT2D eigenvalue weighted by atomic mass is 9.99. The van der Waals surface area contributed by atoms with Crippen molar-refractivity contribution in [1.82, 2.24) is 0 Å². The van der Waals surface area contributed by atoms with Gasteiger partial charge in [0, 0.05) is 5.57 Å². The van der Waals surface area contributed by atoms with Gasteiger partial charge >= 0.3 is 5.97 Å². The second-order valence-electron chi connectivity index (χ2n) is 2.44. The topological polar surface area (TPSA) is 37.3 Å². The van der Waals surface area contributed by atoms with Gasteiger partial charge in [-0.05, 0) is 19.8 Å². The molecule has 0 aromatic rings. The Morgan fingerprint density at radius 2 is 2.10 bits per heavy atom. The Kier molecular flexibility index (Phi) is 1.90. The maximum Gasteiger partial charge on any atom is 0.331 e. The summed E-state index contributed by atoms with van der Waals surface area (Å²) in [6.07, 6.45) is 5.28. The Balaban J connectivity index is 2.81. The Bertz CT molecular complexity index is 211. The number of rotatable bonds is 1. The van der Waals surface area contributed by atoms with Crippen LogP contribution < -0.4 is 0 Å². The van der Waals surface area contributed by atoms with Gasteiger partial charge in [0.2, 0.25) is 0 Å². The fourth-order valence-corrected chi connectivity index (χ4v) is 1.03. The van der Waals surface area contributed by atoms with Crippen molar-refractivity contribution in [3.63, 3.8) is 0 Å². The van der Waals surface area contributed by atoms with Crippen LogP contribution in [0.25, 0.3) is 0 Å². The van der Waals surface area contributed by atoms with Gasteiger partial charge in [-0.2, -0.15) is 0 Å². The zero-order valence-corrected chi connectivity index (χ0v) is 5.92. The first-order valence-corrected chi connectivity index (χ1v) is 3.28. The highest BCUT2D eigenvalue weighted by Gasteiger charge is 2.10. The quantitative estimate of drug-likeness (QED) is 0.560. The van der Waals surface area contributed by atoms with Crippen molar-refractivity contribution >= 4 is 5.97 Å². The second-order valence-corrected chi connectivity index (χ2v) is 2.44. The van der Waals surface area contributed by atoms with Crippen LogP contribution in [-0.2, 0) is 4.79 Å². The minimum Gasteiger partial charge on any atom is -0.478 e. The molecule has 0 unspecified atom stereocenters. The molecule has 0 amide bonds. The monoisotopic (exact) mass is 138 g/mol. The molecule has 0 bridgehead atoms. The molecule has 10 heavy (non-hydrogen) atoms. The van der Waals surface area contributed by atoms with Crippen molar-refractivity contribution in [3.05, 3.63) is 23.3 Å². The minimum absolute atomic E-state index is 0.558. The third-order valence-corrected chi connectivity index (χ3v) is 1.69. The van der Waals surface area contributed by atoms with Crippen molar-refractivity contribution in [3.8, 4) is 0 Å². The summed E-state index contributed by atoms with van der Waals surface area (Å²) in [5, 5.41) is 8.62. The summed E-state index contributed by atoms with van der Waals surface area (Å²) in [5.41, 5.74) is 1.54. The normalized spacial score (nSPS) is 17.7. The number of carboxylic acid groups (broad SMARTS) is 1. The van der Waals surface area contributed by atoms with E-state index in [4.69, 9.17) is 5.11 Å². The zero-order valence-electron chi connectivity index (χ0n) is 5.92. The Morgan fingerprint density at radius 1 is 1.50 bits per heavy atom. The average Bonchev–Trinajstić information content (AvgIpc) is 1.88. The molecular weight excluding hydrogens is 128 g/mol. The summed E-state index contributed by atoms with van der Waals surface area (Å²) in [6, 6.07) is 0. The predicted octanol–water partition coefficient (Wildman–Crippen LogP) is 1.74. The molecule has 1 aliphatic carbocycles. The molecule has 54 valence electrons. The summed E-state index contributed by atoms with van der Waals surface area (Å²) in [7, 11) is 0. The molecule has 0 aromatic carbocycles. The van der Waals surface area contributed by atoms with Crippen LogP contribution in [-0.4, -0.2) is 11.1 Å². The van der Waals surface area contributed by atoms with E-state index in [1.807, 2.05) is 19.1 Å². The Hall–Kier alpha value is -1.05. The molecule has 1 rings (SSSR count). The van der Waals surface area contributed by atoms with Crippen LogP contribution in [0.1, 0.15) is 19.8 Å². The largest absolute Gasteiger partial charge is 0.478 e. The van der Waals surface area contributed by atoms with E-state index in [-0.39, 0.29) is 0 Å². The molecule has 0 aliphatic heterocycles. The number of allylic oxidation sites excluding steroid dienone is 3. The second kappa shape index (κ2) is 2.69. The van der Waals surface area contributed by atoms with Gasteiger partial charge in [-0.1, -0.05) is 17.7 Å². The van der Waals surface area contributed by atoms with E-state index in [1.54, 1.807) is 0 Å². The molecular formula is C8H10O2. The molecule has 2 nitrogen and oxygen atoms in total. The van der Waals surface area contributed by atoms with Crippen molar-refractivity contribution < 1.29 is 9.90 Å². The molecule has 0 spiro atoms. The molecule has 0 saturated carbocycles. The fourth-order valence-electron chi connectivity index (χ4n) is 1.03. The van der Waals surface area contributed by atoms with E-state index in [2.05, 4.69) is 0 Å². The van der Waals surface area contributed by atoms with Crippen molar-refractivity contribution in [2.45, 2.75) is 19.8 Å². The van der Waals surface area contributed by atoms with Crippen LogP contribution in [0.2, 0.25) is 0 Å². The molecule has 0 aromatic heterocycles. The zero-order chi connectivity index (χ0) is 7.56. The van der Waals surface area contributed by atoms with Gasteiger partial charge in [0.25, 0.3) is 0 Å². The van der Waals surface area contributed by atoms with E-state index < -0.39 is 5.97 Å². The first-order chi connectivity index (χ1) is 4.72. The van der Waals surface area contributed by atoms with Crippen LogP contribution in [0.4, 0.5) is 0 Å². The summed E-state index contributed by atoms with van der Waals surface area (Å²) in [4.78, 5) is 10.5. The van der Waals surface area contributed by atoms with E-state index in [0.717, 1.165) is 12.0 Å². The summed E-state index contributed by atoms with van der Waals surface area (Å²) in [5.74, 6) is -0.776. The van der Waals surface area contributed by atoms with Gasteiger partial charge in [-0.3, -0.25) is 0 Å². The number of carboxylic acids is 1. The molecule has 2 heteroatoms. The minimum atomic E-state index is -0.776. The average molecular weight is 138 g/mol. The van der Waals surface area contributed by atoms with Gasteiger partial charge < -0.3 is 5.11 Å². The van der Waals surface area contributed by atoms with Gasteiger partial charge in [0.1, 0.15) is 0 Å². The lowest BCUT2D eigenvalue weighted by molar-refractivity contribution is -0.132. The van der Waals surface area contributed by atoms with Gasteiger partial charge in [0.15, 0.2) is 0 Å². The lowest BCUT2D eigenvalue weighted by Crippen LogP contribution is -2.04. The standard InChI is InChI=1S/C8H10O2/c1-6-4-2-3-5-7(6)8(9)10/h2-3H,4-5H2,1H3,(H,9,10). The third-order valence-electron chi connectivity index (χ3n) is 1.69. The number of aliphatic carboxylic acids is 1. The predicted molar refractivity (Wildman–Crippen MR) is 38.7 cm³/mol. The highest BCUT2D eigenvalue weighted by Crippen LogP contribution is 2.18. The summed E-state index contributed by atoms with van der Waals surface area (Å²) < 4.78 is 0. The summed E-state index contributed by atoms with van der Waals surface area (Å²) >= 11 is 0. The van der Waals surface area contributed by atoms with E-state index >= 15 is 0 Å². The van der Waals surface area contributed by atoms with Crippen LogP contribution in [0.5, 0.6) is 0 Å². The smallest absolute Gasteiger partial charge is 0.331 e. The Morgan fingerprint density at radius 3 is 2.50 bits per heavy atom. The number of hydrogen-bond donors (Lipinski definition) is 1. The highest BCUT2D eigenvalue weighted by molar-refractivity contribution is 5.88. The molecule has 0 atom stereocenters. The maximum absolute atomic E-state index is 10.5. The van der Waals surface area contributed by atoms with E-state index in [0.29, 0.717) is 12.0 Å². The number of carbonyl (C=O) groups is 1. The van der Waals surface area contributed by atoms with E-state index in [9.17, 15) is 4.79 Å². The molecule has 0 fully saturated rings. The van der Waals surface area contributed by atoms with Crippen LogP contribution >= 0.6 is 0 Å². The molecule has 0 radical (unpaired) electrons. The summed E-state index contributed by atoms with van der Waals surface area (Å²) in [6.45, 7) is 1.87. The first-order valence-electron chi connectivity index (χ1n) is 3.28.